The van der Waals surface area contributed by atoms with E-state index in [1.54, 1.807) is 0 Å². The highest BCUT2D eigenvalue weighted by Crippen LogP contribution is 2.46. The molecule has 12 aromatic rings. The molecule has 0 saturated heterocycles. The monoisotopic (exact) mass is 750 g/mol. The van der Waals surface area contributed by atoms with Crippen molar-refractivity contribution in [3.63, 3.8) is 0 Å². The Kier molecular flexibility index (Phi) is 7.48. The number of aromatic amines is 1. The first-order valence-electron chi connectivity index (χ1n) is 20.4. The van der Waals surface area contributed by atoms with Crippen molar-refractivity contribution in [2.45, 2.75) is 6.92 Å². The molecule has 0 aliphatic rings. The SMILES string of the molecule is Cc1ccc(-n2c3ccccc3c3cc(-c4ccc5c(-c6ccccc6)c6cc(-c7ccc8[nH]c9ccccc9c8c7)ccc6c(-c6ccccc6)c5c4)ccc32)cc1. The molecule has 276 valence electrons. The maximum Gasteiger partial charge on any atom is 0.0541 e. The maximum absolute atomic E-state index is 3.60. The van der Waals surface area contributed by atoms with Crippen molar-refractivity contribution in [1.82, 2.24) is 9.55 Å². The molecule has 2 nitrogen and oxygen atoms in total. The lowest BCUT2D eigenvalue weighted by Crippen LogP contribution is -1.94. The molecule has 2 aromatic heterocycles. The topological polar surface area (TPSA) is 20.7 Å². The Labute approximate surface area is 342 Å². The summed E-state index contributed by atoms with van der Waals surface area (Å²) in [5.41, 5.74) is 16.9. The van der Waals surface area contributed by atoms with Crippen LogP contribution in [0.5, 0.6) is 0 Å². The molecule has 0 saturated carbocycles. The molecule has 2 heterocycles. The fourth-order valence-corrected chi connectivity index (χ4v) is 9.57. The fraction of sp³-hybridized carbons (Fsp3) is 0.0175. The summed E-state index contributed by atoms with van der Waals surface area (Å²) < 4.78 is 2.40. The summed E-state index contributed by atoms with van der Waals surface area (Å²) in [6.45, 7) is 2.14. The van der Waals surface area contributed by atoms with Gasteiger partial charge in [0.1, 0.15) is 0 Å². The molecule has 0 radical (unpaired) electrons. The van der Waals surface area contributed by atoms with E-state index in [-0.39, 0.29) is 0 Å². The number of benzene rings is 10. The number of hydrogen-bond donors (Lipinski definition) is 1. The summed E-state index contributed by atoms with van der Waals surface area (Å²) in [4.78, 5) is 3.60. The van der Waals surface area contributed by atoms with Crippen LogP contribution < -0.4 is 0 Å². The van der Waals surface area contributed by atoms with Crippen molar-refractivity contribution in [3.05, 3.63) is 212 Å². The average Bonchev–Trinajstić information content (AvgIpc) is 3.84. The number of nitrogens with one attached hydrogen (secondary N) is 1. The lowest BCUT2D eigenvalue weighted by molar-refractivity contribution is 1.17. The predicted octanol–water partition coefficient (Wildman–Crippen LogP) is 15.7. The number of fused-ring (bicyclic) bond motifs is 8. The van der Waals surface area contributed by atoms with Gasteiger partial charge in [-0.1, -0.05) is 151 Å². The van der Waals surface area contributed by atoms with Crippen LogP contribution in [0, 0.1) is 6.92 Å². The molecule has 0 spiro atoms. The van der Waals surface area contributed by atoms with Crippen molar-refractivity contribution >= 4 is 65.2 Å². The van der Waals surface area contributed by atoms with Gasteiger partial charge in [-0.25, -0.2) is 0 Å². The second kappa shape index (κ2) is 13.2. The second-order valence-electron chi connectivity index (χ2n) is 15.9. The average molecular weight is 751 g/mol. The van der Waals surface area contributed by atoms with Crippen LogP contribution in [0.4, 0.5) is 0 Å². The van der Waals surface area contributed by atoms with Crippen LogP contribution in [0.15, 0.2) is 206 Å². The lowest BCUT2D eigenvalue weighted by atomic mass is 9.84. The quantitative estimate of drug-likeness (QED) is 0.169. The molecule has 0 amide bonds. The minimum atomic E-state index is 1.16. The van der Waals surface area contributed by atoms with Crippen LogP contribution in [-0.2, 0) is 0 Å². The van der Waals surface area contributed by atoms with Crippen LogP contribution in [0.25, 0.3) is 115 Å². The molecule has 59 heavy (non-hydrogen) atoms. The molecule has 0 aliphatic carbocycles. The molecule has 2 heteroatoms. The van der Waals surface area contributed by atoms with E-state index in [1.165, 1.54) is 110 Å². The zero-order valence-corrected chi connectivity index (χ0v) is 32.6. The fourth-order valence-electron chi connectivity index (χ4n) is 9.57. The molecular weight excluding hydrogens is 713 g/mol. The first-order chi connectivity index (χ1) is 29.2. The molecule has 1 N–H and O–H groups in total. The molecular formula is C57H38N2. The van der Waals surface area contributed by atoms with Crippen LogP contribution >= 0.6 is 0 Å². The highest BCUT2D eigenvalue weighted by molar-refractivity contribution is 6.23. The van der Waals surface area contributed by atoms with Gasteiger partial charge in [0, 0.05) is 38.3 Å². The summed E-state index contributed by atoms with van der Waals surface area (Å²) in [6, 6.07) is 76.1. The zero-order valence-electron chi connectivity index (χ0n) is 32.6. The van der Waals surface area contributed by atoms with E-state index in [1.807, 2.05) is 0 Å². The van der Waals surface area contributed by atoms with E-state index < -0.39 is 0 Å². The number of aryl methyl sites for hydroxylation is 1. The number of para-hydroxylation sites is 2. The molecule has 0 unspecified atom stereocenters. The summed E-state index contributed by atoms with van der Waals surface area (Å²) in [5.74, 6) is 0. The van der Waals surface area contributed by atoms with E-state index in [0.717, 1.165) is 11.0 Å². The van der Waals surface area contributed by atoms with Gasteiger partial charge in [0.25, 0.3) is 0 Å². The highest BCUT2D eigenvalue weighted by atomic mass is 15.0. The minimum absolute atomic E-state index is 1.16. The Morgan fingerprint density at radius 2 is 0.780 bits per heavy atom. The van der Waals surface area contributed by atoms with E-state index in [4.69, 9.17) is 0 Å². The van der Waals surface area contributed by atoms with Gasteiger partial charge in [0.15, 0.2) is 0 Å². The third-order valence-corrected chi connectivity index (χ3v) is 12.4. The molecule has 0 fully saturated rings. The highest BCUT2D eigenvalue weighted by Gasteiger charge is 2.20. The van der Waals surface area contributed by atoms with Gasteiger partial charge < -0.3 is 9.55 Å². The van der Waals surface area contributed by atoms with Crippen molar-refractivity contribution in [2.75, 3.05) is 0 Å². The van der Waals surface area contributed by atoms with Crippen LogP contribution in [0.3, 0.4) is 0 Å². The van der Waals surface area contributed by atoms with Crippen LogP contribution in [-0.4, -0.2) is 9.55 Å². The third-order valence-electron chi connectivity index (χ3n) is 12.4. The molecule has 0 aliphatic heterocycles. The second-order valence-corrected chi connectivity index (χ2v) is 15.9. The summed E-state index contributed by atoms with van der Waals surface area (Å²) in [6.07, 6.45) is 0. The predicted molar refractivity (Wildman–Crippen MR) is 252 cm³/mol. The largest absolute Gasteiger partial charge is 0.355 e. The van der Waals surface area contributed by atoms with Crippen molar-refractivity contribution in [3.8, 4) is 50.2 Å². The Balaban J connectivity index is 1.10. The van der Waals surface area contributed by atoms with Gasteiger partial charge in [0.2, 0.25) is 0 Å². The van der Waals surface area contributed by atoms with Gasteiger partial charge in [-0.05, 0) is 134 Å². The van der Waals surface area contributed by atoms with E-state index in [0.29, 0.717) is 0 Å². The van der Waals surface area contributed by atoms with E-state index in [2.05, 4.69) is 223 Å². The standard InChI is InChI=1S/C57H38N2/c1-36-20-26-43(27-21-36)59-54-19-11-9-17-45(54)49-33-42(25-31-55(49)59)40-23-29-47-51(35-40)57(38-14-6-3-7-15-38)46-28-22-39(34-50(46)56(47)37-12-4-2-5-13-37)41-24-30-53-48(32-41)44-16-8-10-18-52(44)58-53/h2-35,58H,1H3. The Morgan fingerprint density at radius 3 is 1.42 bits per heavy atom. The molecule has 0 bridgehead atoms. The Morgan fingerprint density at radius 1 is 0.305 bits per heavy atom. The summed E-state index contributed by atoms with van der Waals surface area (Å²) in [5, 5.41) is 9.99. The number of hydrogen-bond acceptors (Lipinski definition) is 0. The van der Waals surface area contributed by atoms with Gasteiger partial charge in [-0.2, -0.15) is 0 Å². The number of rotatable bonds is 5. The van der Waals surface area contributed by atoms with Gasteiger partial charge in [-0.3, -0.25) is 0 Å². The minimum Gasteiger partial charge on any atom is -0.355 e. The van der Waals surface area contributed by atoms with Crippen molar-refractivity contribution < 1.29 is 0 Å². The van der Waals surface area contributed by atoms with Crippen LogP contribution in [0.1, 0.15) is 5.56 Å². The number of H-pyrrole nitrogens is 1. The number of nitrogens with zero attached hydrogens (tertiary/aromatic N) is 1. The van der Waals surface area contributed by atoms with Crippen LogP contribution in [0.2, 0.25) is 0 Å². The first kappa shape index (κ1) is 33.5. The Hall–Kier alpha value is -7.68. The normalized spacial score (nSPS) is 11.8. The Bertz CT molecular complexity index is 3590. The third kappa shape index (κ3) is 5.34. The summed E-state index contributed by atoms with van der Waals surface area (Å²) in [7, 11) is 0. The lowest BCUT2D eigenvalue weighted by Gasteiger charge is -2.20. The molecule has 0 atom stereocenters. The van der Waals surface area contributed by atoms with Crippen molar-refractivity contribution in [1.29, 1.82) is 0 Å². The van der Waals surface area contributed by atoms with E-state index >= 15 is 0 Å². The maximum atomic E-state index is 3.60. The smallest absolute Gasteiger partial charge is 0.0541 e. The van der Waals surface area contributed by atoms with Gasteiger partial charge in [0.05, 0.1) is 11.0 Å². The van der Waals surface area contributed by atoms with E-state index in [9.17, 15) is 0 Å². The van der Waals surface area contributed by atoms with Crippen molar-refractivity contribution in [2.24, 2.45) is 0 Å². The molecule has 10 aromatic carbocycles. The van der Waals surface area contributed by atoms with Gasteiger partial charge >= 0.3 is 0 Å². The first-order valence-corrected chi connectivity index (χ1v) is 20.4. The van der Waals surface area contributed by atoms with Gasteiger partial charge in [-0.15, -0.1) is 0 Å². The molecule has 12 rings (SSSR count). The number of aromatic nitrogens is 2. The summed E-state index contributed by atoms with van der Waals surface area (Å²) >= 11 is 0. The zero-order chi connectivity index (χ0) is 39.0.